The Kier molecular flexibility index (Phi) is 7.26. The molecule has 0 unspecified atom stereocenters. The van der Waals surface area contributed by atoms with Crippen LogP contribution in [0.15, 0.2) is 47.4 Å². The summed E-state index contributed by atoms with van der Waals surface area (Å²) in [5.41, 5.74) is 0.685. The van der Waals surface area contributed by atoms with Gasteiger partial charge in [-0.05, 0) is 62.2 Å². The maximum Gasteiger partial charge on any atom is 0.263 e. The van der Waals surface area contributed by atoms with Gasteiger partial charge < -0.3 is 9.64 Å². The molecule has 30 heavy (non-hydrogen) atoms. The van der Waals surface area contributed by atoms with E-state index >= 15 is 0 Å². The molecule has 3 rings (SSSR count). The van der Waals surface area contributed by atoms with Crippen molar-refractivity contribution in [2.24, 2.45) is 0 Å². The largest absolute Gasteiger partial charge is 0.494 e. The zero-order valence-electron chi connectivity index (χ0n) is 17.2. The average Bonchev–Trinajstić information content (AvgIpc) is 2.75. The molecule has 0 bridgehead atoms. The van der Waals surface area contributed by atoms with Gasteiger partial charge in [-0.2, -0.15) is 0 Å². The lowest BCUT2D eigenvalue weighted by Crippen LogP contribution is -2.38. The molecule has 0 spiro atoms. The van der Waals surface area contributed by atoms with Crippen LogP contribution in [-0.2, 0) is 10.0 Å². The molecule has 8 heteroatoms. The average molecular weight is 451 g/mol. The number of rotatable bonds is 7. The third-order valence-electron chi connectivity index (χ3n) is 5.33. The number of hydrogen-bond acceptors (Lipinski definition) is 4. The van der Waals surface area contributed by atoms with Gasteiger partial charge in [-0.3, -0.25) is 9.52 Å². The maximum atomic E-state index is 12.9. The highest BCUT2D eigenvalue weighted by molar-refractivity contribution is 7.92. The Labute approximate surface area is 183 Å². The first-order chi connectivity index (χ1) is 14.3. The molecule has 1 fully saturated rings. The van der Waals surface area contributed by atoms with Gasteiger partial charge in [0.15, 0.2) is 0 Å². The fraction of sp³-hybridized carbons (Fsp3) is 0.409. The van der Waals surface area contributed by atoms with E-state index < -0.39 is 10.0 Å². The molecule has 0 radical (unpaired) electrons. The van der Waals surface area contributed by atoms with Gasteiger partial charge in [-0.15, -0.1) is 0 Å². The van der Waals surface area contributed by atoms with Crippen LogP contribution in [0.25, 0.3) is 0 Å². The number of nitrogens with one attached hydrogen (secondary N) is 1. The van der Waals surface area contributed by atoms with E-state index in [1.54, 1.807) is 42.3 Å². The Bertz CT molecular complexity index is 987. The smallest absolute Gasteiger partial charge is 0.263 e. The van der Waals surface area contributed by atoms with Crippen LogP contribution in [0.5, 0.6) is 5.75 Å². The van der Waals surface area contributed by atoms with Crippen molar-refractivity contribution in [1.29, 1.82) is 0 Å². The minimum atomic E-state index is -3.97. The van der Waals surface area contributed by atoms with E-state index in [4.69, 9.17) is 16.3 Å². The van der Waals surface area contributed by atoms with Crippen molar-refractivity contribution in [2.45, 2.75) is 50.0 Å². The van der Waals surface area contributed by atoms with E-state index in [1.165, 1.54) is 18.6 Å². The first kappa shape index (κ1) is 22.4. The van der Waals surface area contributed by atoms with Gasteiger partial charge >= 0.3 is 0 Å². The molecule has 0 saturated heterocycles. The number of amides is 1. The number of carbonyl (C=O) groups is 1. The third kappa shape index (κ3) is 5.26. The standard InChI is InChI=1S/C22H27ClN2O4S/c1-3-29-19-12-10-17(11-13-19)24-30(27,28)21-15-16(9-14-20(21)23)22(26)25(2)18-7-5-4-6-8-18/h9-15,18,24H,3-8H2,1-2H3. The van der Waals surface area contributed by atoms with Gasteiger partial charge in [0.1, 0.15) is 10.6 Å². The molecule has 0 aliphatic heterocycles. The van der Waals surface area contributed by atoms with Crippen molar-refractivity contribution in [1.82, 2.24) is 4.90 Å². The molecule has 162 valence electrons. The molecule has 1 N–H and O–H groups in total. The maximum absolute atomic E-state index is 12.9. The number of anilines is 1. The minimum absolute atomic E-state index is 0.0605. The molecule has 2 aromatic rings. The van der Waals surface area contributed by atoms with Crippen molar-refractivity contribution in [2.75, 3.05) is 18.4 Å². The Morgan fingerprint density at radius 3 is 2.43 bits per heavy atom. The normalized spacial score (nSPS) is 14.9. The van der Waals surface area contributed by atoms with Gasteiger partial charge in [-0.1, -0.05) is 30.9 Å². The molecule has 1 saturated carbocycles. The second-order valence-corrected chi connectivity index (χ2v) is 9.47. The molecule has 2 aromatic carbocycles. The summed E-state index contributed by atoms with van der Waals surface area (Å²) in [6.45, 7) is 2.40. The van der Waals surface area contributed by atoms with Gasteiger partial charge in [0.05, 0.1) is 11.6 Å². The van der Waals surface area contributed by atoms with Crippen LogP contribution >= 0.6 is 11.6 Å². The van der Waals surface area contributed by atoms with E-state index in [0.29, 0.717) is 23.6 Å². The van der Waals surface area contributed by atoms with Crippen molar-refractivity contribution in [3.63, 3.8) is 0 Å². The van der Waals surface area contributed by atoms with Gasteiger partial charge in [-0.25, -0.2) is 8.42 Å². The van der Waals surface area contributed by atoms with Crippen LogP contribution in [0.1, 0.15) is 49.4 Å². The lowest BCUT2D eigenvalue weighted by Gasteiger charge is -2.31. The fourth-order valence-electron chi connectivity index (χ4n) is 3.68. The topological polar surface area (TPSA) is 75.7 Å². The zero-order chi connectivity index (χ0) is 21.7. The minimum Gasteiger partial charge on any atom is -0.494 e. The highest BCUT2D eigenvalue weighted by Crippen LogP contribution is 2.28. The molecule has 1 aliphatic carbocycles. The summed E-state index contributed by atoms with van der Waals surface area (Å²) in [6, 6.07) is 11.1. The molecule has 1 amide bonds. The van der Waals surface area contributed by atoms with Crippen LogP contribution in [0, 0.1) is 0 Å². The number of carbonyl (C=O) groups excluding carboxylic acids is 1. The molecule has 0 atom stereocenters. The van der Waals surface area contributed by atoms with E-state index in [0.717, 1.165) is 25.7 Å². The Balaban J connectivity index is 1.81. The Hall–Kier alpha value is -2.25. The lowest BCUT2D eigenvalue weighted by atomic mass is 9.94. The molecule has 0 aromatic heterocycles. The van der Waals surface area contributed by atoms with Crippen molar-refractivity contribution < 1.29 is 17.9 Å². The van der Waals surface area contributed by atoms with Crippen molar-refractivity contribution in [3.05, 3.63) is 53.1 Å². The Morgan fingerprint density at radius 2 is 1.80 bits per heavy atom. The predicted octanol–water partition coefficient (Wildman–Crippen LogP) is 4.94. The number of benzene rings is 2. The van der Waals surface area contributed by atoms with E-state index in [2.05, 4.69) is 4.72 Å². The molecular formula is C22H27ClN2O4S. The SMILES string of the molecule is CCOc1ccc(NS(=O)(=O)c2cc(C(=O)N(C)C3CCCCC3)ccc2Cl)cc1. The summed E-state index contributed by atoms with van der Waals surface area (Å²) in [7, 11) is -2.19. The molecular weight excluding hydrogens is 424 g/mol. The lowest BCUT2D eigenvalue weighted by molar-refractivity contribution is 0.0696. The first-order valence-corrected chi connectivity index (χ1v) is 12.0. The highest BCUT2D eigenvalue weighted by Gasteiger charge is 2.25. The number of ether oxygens (including phenoxy) is 1. The van der Waals surface area contributed by atoms with E-state index in [9.17, 15) is 13.2 Å². The summed E-state index contributed by atoms with van der Waals surface area (Å²) in [4.78, 5) is 14.5. The van der Waals surface area contributed by atoms with Crippen LogP contribution in [0.3, 0.4) is 0 Å². The van der Waals surface area contributed by atoms with E-state index in [-0.39, 0.29) is 21.9 Å². The molecule has 6 nitrogen and oxygen atoms in total. The number of hydrogen-bond donors (Lipinski definition) is 1. The van der Waals surface area contributed by atoms with Crippen molar-refractivity contribution >= 4 is 33.2 Å². The number of halogens is 1. The Morgan fingerprint density at radius 1 is 1.13 bits per heavy atom. The number of nitrogens with zero attached hydrogens (tertiary/aromatic N) is 1. The van der Waals surface area contributed by atoms with Crippen LogP contribution in [0.4, 0.5) is 5.69 Å². The van der Waals surface area contributed by atoms with Crippen LogP contribution < -0.4 is 9.46 Å². The molecule has 1 aliphatic rings. The van der Waals surface area contributed by atoms with Gasteiger partial charge in [0, 0.05) is 24.3 Å². The summed E-state index contributed by atoms with van der Waals surface area (Å²) < 4.78 is 33.7. The van der Waals surface area contributed by atoms with Crippen molar-refractivity contribution in [3.8, 4) is 5.75 Å². The van der Waals surface area contributed by atoms with Gasteiger partial charge in [0.25, 0.3) is 15.9 Å². The summed E-state index contributed by atoms with van der Waals surface area (Å²) >= 11 is 6.18. The zero-order valence-corrected chi connectivity index (χ0v) is 18.8. The quantitative estimate of drug-likeness (QED) is 0.647. The molecule has 0 heterocycles. The second-order valence-electron chi connectivity index (χ2n) is 7.42. The second kappa shape index (κ2) is 9.71. The number of sulfonamides is 1. The third-order valence-corrected chi connectivity index (χ3v) is 7.19. The van der Waals surface area contributed by atoms with E-state index in [1.807, 2.05) is 6.92 Å². The summed E-state index contributed by atoms with van der Waals surface area (Å²) in [5.74, 6) is 0.452. The van der Waals surface area contributed by atoms with Gasteiger partial charge in [0.2, 0.25) is 0 Å². The summed E-state index contributed by atoms with van der Waals surface area (Å²) in [5, 5.41) is 0.0605. The predicted molar refractivity (Wildman–Crippen MR) is 119 cm³/mol. The van der Waals surface area contributed by atoms with Crippen LogP contribution in [-0.4, -0.2) is 38.9 Å². The highest BCUT2D eigenvalue weighted by atomic mass is 35.5. The van der Waals surface area contributed by atoms with Crippen LogP contribution in [0.2, 0.25) is 5.02 Å². The monoisotopic (exact) mass is 450 g/mol. The fourth-order valence-corrected chi connectivity index (χ4v) is 5.26. The summed E-state index contributed by atoms with van der Waals surface area (Å²) in [6.07, 6.45) is 5.35. The first-order valence-electron chi connectivity index (χ1n) is 10.1.